The quantitative estimate of drug-likeness (QED) is 0.238. The molecule has 1 N–H and O–H groups in total. The van der Waals surface area contributed by atoms with E-state index in [4.69, 9.17) is 34.8 Å². The first-order chi connectivity index (χ1) is 18.9. The summed E-state index contributed by atoms with van der Waals surface area (Å²) in [7, 11) is -4.30. The van der Waals surface area contributed by atoms with Gasteiger partial charge in [0.2, 0.25) is 11.8 Å². The Morgan fingerprint density at radius 1 is 0.950 bits per heavy atom. The zero-order valence-electron chi connectivity index (χ0n) is 21.9. The van der Waals surface area contributed by atoms with Crippen molar-refractivity contribution in [2.24, 2.45) is 0 Å². The second-order valence-electron chi connectivity index (χ2n) is 9.01. The van der Waals surface area contributed by atoms with Crippen LogP contribution in [0.3, 0.4) is 0 Å². The van der Waals surface area contributed by atoms with E-state index in [1.165, 1.54) is 23.1 Å². The topological polar surface area (TPSA) is 86.8 Å². The molecule has 0 saturated carbocycles. The highest BCUT2D eigenvalue weighted by Gasteiger charge is 2.32. The molecule has 0 radical (unpaired) electrons. The smallest absolute Gasteiger partial charge is 0.264 e. The van der Waals surface area contributed by atoms with Crippen LogP contribution in [0.5, 0.6) is 0 Å². The molecule has 0 aliphatic carbocycles. The van der Waals surface area contributed by atoms with Crippen molar-refractivity contribution < 1.29 is 22.4 Å². The van der Waals surface area contributed by atoms with Gasteiger partial charge in [0.05, 0.1) is 25.7 Å². The third kappa shape index (κ3) is 7.87. The first-order valence-electron chi connectivity index (χ1n) is 12.5. The van der Waals surface area contributed by atoms with Gasteiger partial charge >= 0.3 is 0 Å². The normalized spacial score (nSPS) is 12.1. The lowest BCUT2D eigenvalue weighted by Crippen LogP contribution is -2.51. The van der Waals surface area contributed by atoms with E-state index in [9.17, 15) is 22.4 Å². The molecule has 0 bridgehead atoms. The van der Waals surface area contributed by atoms with Gasteiger partial charge in [-0.15, -0.1) is 0 Å². The summed E-state index contributed by atoms with van der Waals surface area (Å²) in [4.78, 5) is 28.0. The molecule has 0 saturated heterocycles. The van der Waals surface area contributed by atoms with Crippen molar-refractivity contribution in [3.05, 3.63) is 93.2 Å². The number of anilines is 1. The molecule has 3 rings (SSSR count). The summed E-state index contributed by atoms with van der Waals surface area (Å²) >= 11 is 18.2. The highest BCUT2D eigenvalue weighted by molar-refractivity contribution is 7.92. The maximum absolute atomic E-state index is 14.0. The predicted molar refractivity (Wildman–Crippen MR) is 157 cm³/mol. The summed E-state index contributed by atoms with van der Waals surface area (Å²) in [5.41, 5.74) is 0.566. The van der Waals surface area contributed by atoms with Crippen LogP contribution in [0.2, 0.25) is 15.1 Å². The van der Waals surface area contributed by atoms with E-state index in [-0.39, 0.29) is 27.2 Å². The largest absolute Gasteiger partial charge is 0.354 e. The maximum Gasteiger partial charge on any atom is 0.264 e. The van der Waals surface area contributed by atoms with Gasteiger partial charge in [0.15, 0.2) is 0 Å². The van der Waals surface area contributed by atoms with E-state index < -0.39 is 40.2 Å². The van der Waals surface area contributed by atoms with E-state index in [2.05, 4.69) is 5.32 Å². The van der Waals surface area contributed by atoms with Crippen molar-refractivity contribution in [3.8, 4) is 0 Å². The summed E-state index contributed by atoms with van der Waals surface area (Å²) < 4.78 is 42.2. The molecule has 0 fully saturated rings. The maximum atomic E-state index is 14.0. The number of halogens is 4. The molecule has 7 nitrogen and oxygen atoms in total. The lowest BCUT2D eigenvalue weighted by molar-refractivity contribution is -0.139. The number of hydrogen-bond donors (Lipinski definition) is 1. The van der Waals surface area contributed by atoms with Crippen molar-refractivity contribution in [2.75, 3.05) is 17.4 Å². The van der Waals surface area contributed by atoms with E-state index in [1.54, 1.807) is 43.3 Å². The number of hydrogen-bond acceptors (Lipinski definition) is 4. The Kier molecular flexibility index (Phi) is 11.2. The zero-order chi connectivity index (χ0) is 29.4. The molecule has 0 unspecified atom stereocenters. The Morgan fingerprint density at radius 3 is 2.27 bits per heavy atom. The molecule has 0 spiro atoms. The van der Waals surface area contributed by atoms with Crippen LogP contribution in [0.4, 0.5) is 10.1 Å². The van der Waals surface area contributed by atoms with Crippen LogP contribution in [0.15, 0.2) is 71.6 Å². The Labute approximate surface area is 248 Å². The summed E-state index contributed by atoms with van der Waals surface area (Å²) in [5.74, 6) is -1.82. The average Bonchev–Trinajstić information content (AvgIpc) is 2.93. The summed E-state index contributed by atoms with van der Waals surface area (Å²) in [6.45, 7) is 3.23. The molecule has 0 heterocycles. The average molecular weight is 629 g/mol. The molecule has 0 aromatic heterocycles. The van der Waals surface area contributed by atoms with Gasteiger partial charge in [-0.2, -0.15) is 0 Å². The standard InChI is InChI=1S/C28H29Cl3FN3O4S/c1-3-4-14-33-28(37)19(2)34(17-20-10-12-23(29)24(30)15-20)27(36)18-35(21-11-13-26(32)25(31)16-21)40(38,39)22-8-6-5-7-9-22/h5-13,15-16,19H,3-4,14,17-18H2,1-2H3,(H,33,37)/t19-/m1/s1. The molecule has 2 amide bonds. The van der Waals surface area contributed by atoms with Gasteiger partial charge < -0.3 is 10.2 Å². The first-order valence-corrected chi connectivity index (χ1v) is 15.1. The van der Waals surface area contributed by atoms with Gasteiger partial charge in [-0.1, -0.05) is 72.4 Å². The lowest BCUT2D eigenvalue weighted by Gasteiger charge is -2.32. The van der Waals surface area contributed by atoms with E-state index in [0.29, 0.717) is 17.1 Å². The lowest BCUT2D eigenvalue weighted by atomic mass is 10.1. The number of amides is 2. The van der Waals surface area contributed by atoms with Gasteiger partial charge in [0.25, 0.3) is 10.0 Å². The van der Waals surface area contributed by atoms with E-state index in [1.807, 2.05) is 6.92 Å². The molecule has 214 valence electrons. The fraction of sp³-hybridized carbons (Fsp3) is 0.286. The minimum atomic E-state index is -4.30. The number of rotatable bonds is 12. The summed E-state index contributed by atoms with van der Waals surface area (Å²) in [5, 5.41) is 3.08. The molecule has 3 aromatic rings. The van der Waals surface area contributed by atoms with E-state index >= 15 is 0 Å². The van der Waals surface area contributed by atoms with Crippen molar-refractivity contribution in [1.82, 2.24) is 10.2 Å². The van der Waals surface area contributed by atoms with Crippen LogP contribution in [-0.4, -0.2) is 44.3 Å². The number of carbonyl (C=O) groups is 2. The minimum Gasteiger partial charge on any atom is -0.354 e. The van der Waals surface area contributed by atoms with Gasteiger partial charge in [-0.3, -0.25) is 13.9 Å². The van der Waals surface area contributed by atoms with E-state index in [0.717, 1.165) is 29.3 Å². The Morgan fingerprint density at radius 2 is 1.65 bits per heavy atom. The van der Waals surface area contributed by atoms with Crippen LogP contribution in [0.25, 0.3) is 0 Å². The highest BCUT2D eigenvalue weighted by atomic mass is 35.5. The number of carbonyl (C=O) groups excluding carboxylic acids is 2. The molecule has 12 heteroatoms. The van der Waals surface area contributed by atoms with Crippen molar-refractivity contribution in [1.29, 1.82) is 0 Å². The van der Waals surface area contributed by atoms with Crippen LogP contribution in [0.1, 0.15) is 32.3 Å². The third-order valence-corrected chi connectivity index (χ3v) is 8.95. The fourth-order valence-electron chi connectivity index (χ4n) is 3.84. The highest BCUT2D eigenvalue weighted by Crippen LogP contribution is 2.29. The SMILES string of the molecule is CCCCNC(=O)[C@@H](C)N(Cc1ccc(Cl)c(Cl)c1)C(=O)CN(c1ccc(F)c(Cl)c1)S(=O)(=O)c1ccccc1. The first kappa shape index (κ1) is 31.7. The fourth-order valence-corrected chi connectivity index (χ4v) is 5.76. The monoisotopic (exact) mass is 627 g/mol. The number of nitrogens with zero attached hydrogens (tertiary/aromatic N) is 2. The van der Waals surface area contributed by atoms with Crippen LogP contribution < -0.4 is 9.62 Å². The second kappa shape index (κ2) is 14.2. The zero-order valence-corrected chi connectivity index (χ0v) is 25.0. The van der Waals surface area contributed by atoms with Crippen LogP contribution >= 0.6 is 34.8 Å². The number of unbranched alkanes of at least 4 members (excludes halogenated alkanes) is 1. The van der Waals surface area contributed by atoms with Crippen molar-refractivity contribution in [2.45, 2.75) is 44.2 Å². The van der Waals surface area contributed by atoms with Crippen molar-refractivity contribution in [3.63, 3.8) is 0 Å². The van der Waals surface area contributed by atoms with Gasteiger partial charge in [0, 0.05) is 13.1 Å². The molecular weight excluding hydrogens is 600 g/mol. The number of benzene rings is 3. The number of nitrogens with one attached hydrogen (secondary N) is 1. The Bertz CT molecular complexity index is 1460. The summed E-state index contributed by atoms with van der Waals surface area (Å²) in [6.07, 6.45) is 1.63. The molecular formula is C28H29Cl3FN3O4S. The molecule has 0 aliphatic rings. The summed E-state index contributed by atoms with van der Waals surface area (Å²) in [6, 6.07) is 14.7. The Hall–Kier alpha value is -2.85. The molecule has 3 aromatic carbocycles. The van der Waals surface area contributed by atoms with Gasteiger partial charge in [-0.05, 0) is 61.4 Å². The third-order valence-electron chi connectivity index (χ3n) is 6.14. The van der Waals surface area contributed by atoms with Crippen LogP contribution in [-0.2, 0) is 26.2 Å². The minimum absolute atomic E-state index is 0.0156. The van der Waals surface area contributed by atoms with Gasteiger partial charge in [-0.25, -0.2) is 12.8 Å². The second-order valence-corrected chi connectivity index (χ2v) is 12.1. The van der Waals surface area contributed by atoms with Crippen molar-refractivity contribution >= 4 is 62.3 Å². The Balaban J connectivity index is 2.02. The molecule has 40 heavy (non-hydrogen) atoms. The van der Waals surface area contributed by atoms with Crippen LogP contribution in [0, 0.1) is 5.82 Å². The van der Waals surface area contributed by atoms with Gasteiger partial charge in [0.1, 0.15) is 18.4 Å². The molecule has 0 aliphatic heterocycles. The predicted octanol–water partition coefficient (Wildman–Crippen LogP) is 6.31. The number of sulfonamides is 1. The molecule has 1 atom stereocenters.